The molecule has 1 amide bonds. The van der Waals surface area contributed by atoms with Crippen LogP contribution in [0, 0.1) is 0 Å². The molecule has 3 heterocycles. The Bertz CT molecular complexity index is 1560. The van der Waals surface area contributed by atoms with Gasteiger partial charge in [-0.25, -0.2) is 14.3 Å². The first kappa shape index (κ1) is 22.5. The number of rotatable bonds is 5. The largest absolute Gasteiger partial charge is 0.333 e. The molecule has 36 heavy (non-hydrogen) atoms. The smallest absolute Gasteiger partial charge is 0.322 e. The number of benzene rings is 2. The van der Waals surface area contributed by atoms with Crippen LogP contribution in [0.25, 0.3) is 11.2 Å². The van der Waals surface area contributed by atoms with Crippen molar-refractivity contribution in [3.63, 3.8) is 0 Å². The summed E-state index contributed by atoms with van der Waals surface area (Å²) in [5.41, 5.74) is 2.70. The lowest BCUT2D eigenvalue weighted by molar-refractivity contribution is -0.119. The molecule has 1 atom stereocenters. The van der Waals surface area contributed by atoms with Gasteiger partial charge in [-0.3, -0.25) is 14.2 Å². The topological polar surface area (TPSA) is 82.1 Å². The van der Waals surface area contributed by atoms with E-state index in [1.165, 1.54) is 4.57 Å². The van der Waals surface area contributed by atoms with E-state index in [1.807, 2.05) is 66.1 Å². The maximum Gasteiger partial charge on any atom is 0.333 e. The van der Waals surface area contributed by atoms with E-state index in [1.54, 1.807) is 11.2 Å². The van der Waals surface area contributed by atoms with Crippen LogP contribution in [0.4, 0.5) is 5.69 Å². The van der Waals surface area contributed by atoms with Crippen LogP contribution >= 0.6 is 0 Å². The molecule has 0 saturated heterocycles. The Morgan fingerprint density at radius 3 is 2.47 bits per heavy atom. The number of anilines is 1. The molecule has 1 aliphatic heterocycles. The number of hydrogen-bond acceptors (Lipinski definition) is 4. The van der Waals surface area contributed by atoms with Crippen LogP contribution in [0.2, 0.25) is 0 Å². The summed E-state index contributed by atoms with van der Waals surface area (Å²) in [6, 6.07) is 17.6. The quantitative estimate of drug-likeness (QED) is 0.435. The van der Waals surface area contributed by atoms with Crippen LogP contribution < -0.4 is 16.1 Å². The zero-order valence-corrected chi connectivity index (χ0v) is 20.3. The molecular formula is C28H29N5O3. The molecule has 0 radical (unpaired) electrons. The molecule has 0 bridgehead atoms. The average Bonchev–Trinajstić information content (AvgIpc) is 3.63. The second kappa shape index (κ2) is 8.93. The van der Waals surface area contributed by atoms with Gasteiger partial charge in [-0.05, 0) is 43.4 Å². The molecule has 0 unspecified atom stereocenters. The molecule has 4 aromatic rings. The molecule has 1 saturated carbocycles. The number of hydrogen-bond donors (Lipinski definition) is 0. The highest BCUT2D eigenvalue weighted by Gasteiger charge is 2.32. The lowest BCUT2D eigenvalue weighted by atomic mass is 10.1. The summed E-state index contributed by atoms with van der Waals surface area (Å²) >= 11 is 0. The number of imidazole rings is 1. The Morgan fingerprint density at radius 2 is 1.69 bits per heavy atom. The highest BCUT2D eigenvalue weighted by molar-refractivity contribution is 5.96. The van der Waals surface area contributed by atoms with Crippen molar-refractivity contribution in [2.45, 2.75) is 64.2 Å². The second-order valence-corrected chi connectivity index (χ2v) is 9.95. The first-order valence-corrected chi connectivity index (χ1v) is 12.7. The van der Waals surface area contributed by atoms with Crippen molar-refractivity contribution in [2.24, 2.45) is 0 Å². The Labute approximate surface area is 208 Å². The number of para-hydroxylation sites is 1. The van der Waals surface area contributed by atoms with E-state index in [9.17, 15) is 14.4 Å². The predicted octanol–water partition coefficient (Wildman–Crippen LogP) is 3.50. The second-order valence-electron chi connectivity index (χ2n) is 9.95. The first-order chi connectivity index (χ1) is 17.5. The van der Waals surface area contributed by atoms with Gasteiger partial charge in [0.25, 0.3) is 5.56 Å². The van der Waals surface area contributed by atoms with E-state index in [-0.39, 0.29) is 31.1 Å². The normalized spacial score (nSPS) is 17.7. The van der Waals surface area contributed by atoms with Crippen LogP contribution in [-0.2, 0) is 24.3 Å². The van der Waals surface area contributed by atoms with Crippen LogP contribution in [0.1, 0.15) is 49.8 Å². The Morgan fingerprint density at radius 1 is 0.972 bits per heavy atom. The van der Waals surface area contributed by atoms with Crippen molar-refractivity contribution in [2.75, 3.05) is 4.90 Å². The van der Waals surface area contributed by atoms with Crippen LogP contribution in [-0.4, -0.2) is 30.6 Å². The Balaban J connectivity index is 1.48. The fourth-order valence-electron chi connectivity index (χ4n) is 5.87. The minimum atomic E-state index is -0.512. The van der Waals surface area contributed by atoms with Gasteiger partial charge in [-0.2, -0.15) is 0 Å². The number of amides is 1. The van der Waals surface area contributed by atoms with Crippen molar-refractivity contribution < 1.29 is 4.79 Å². The SMILES string of the molecule is C[C@@H]1Cc2ccccc2N1C(=O)Cn1c(=O)c2c(ncn2C2CCCC2)n(Cc2ccccc2)c1=O. The lowest BCUT2D eigenvalue weighted by Crippen LogP contribution is -2.46. The first-order valence-electron chi connectivity index (χ1n) is 12.7. The Hall–Kier alpha value is -3.94. The van der Waals surface area contributed by atoms with Crippen molar-refractivity contribution in [1.29, 1.82) is 0 Å². The molecule has 0 N–H and O–H groups in total. The zero-order valence-electron chi connectivity index (χ0n) is 20.3. The monoisotopic (exact) mass is 483 g/mol. The van der Waals surface area contributed by atoms with Gasteiger partial charge in [0.1, 0.15) is 6.54 Å². The van der Waals surface area contributed by atoms with Gasteiger partial charge in [0.15, 0.2) is 11.2 Å². The van der Waals surface area contributed by atoms with Crippen LogP contribution in [0.5, 0.6) is 0 Å². The molecule has 1 fully saturated rings. The number of fused-ring (bicyclic) bond motifs is 2. The summed E-state index contributed by atoms with van der Waals surface area (Å²) in [6.45, 7) is 1.96. The molecular weight excluding hydrogens is 454 g/mol. The van der Waals surface area contributed by atoms with Gasteiger partial charge < -0.3 is 9.47 Å². The van der Waals surface area contributed by atoms with Crippen molar-refractivity contribution in [3.8, 4) is 0 Å². The molecule has 2 aliphatic rings. The third-order valence-electron chi connectivity index (χ3n) is 7.61. The van der Waals surface area contributed by atoms with E-state index in [4.69, 9.17) is 0 Å². The van der Waals surface area contributed by atoms with E-state index in [0.29, 0.717) is 11.2 Å². The van der Waals surface area contributed by atoms with E-state index in [0.717, 1.165) is 53.5 Å². The molecule has 2 aromatic heterocycles. The number of carbonyl (C=O) groups is 1. The van der Waals surface area contributed by atoms with Crippen LogP contribution in [0.3, 0.4) is 0 Å². The summed E-state index contributed by atoms with van der Waals surface area (Å²) < 4.78 is 4.57. The van der Waals surface area contributed by atoms with Gasteiger partial charge in [0, 0.05) is 17.8 Å². The molecule has 2 aromatic carbocycles. The standard InChI is InChI=1S/C28H29N5O3/c1-19-15-21-11-5-8-14-23(21)33(19)24(34)17-31-27(35)25-26(29-18-32(25)22-12-6-7-13-22)30(28(31)36)16-20-9-3-2-4-10-20/h2-5,8-11,14,18-19,22H,6-7,12-13,15-17H2,1H3/t19-/m1/s1. The third kappa shape index (κ3) is 3.68. The van der Waals surface area contributed by atoms with Crippen molar-refractivity contribution in [1.82, 2.24) is 18.7 Å². The maximum atomic E-state index is 13.8. The summed E-state index contributed by atoms with van der Waals surface area (Å²) in [4.78, 5) is 47.3. The van der Waals surface area contributed by atoms with Gasteiger partial charge in [0.05, 0.1) is 12.9 Å². The summed E-state index contributed by atoms with van der Waals surface area (Å²) in [6.07, 6.45) is 6.60. The molecule has 8 heteroatoms. The van der Waals surface area contributed by atoms with Crippen molar-refractivity contribution in [3.05, 3.63) is 92.9 Å². The van der Waals surface area contributed by atoms with Gasteiger partial charge >= 0.3 is 5.69 Å². The summed E-state index contributed by atoms with van der Waals surface area (Å²) in [5, 5.41) is 0. The van der Waals surface area contributed by atoms with Gasteiger partial charge in [0.2, 0.25) is 5.91 Å². The maximum absolute atomic E-state index is 13.8. The molecule has 0 spiro atoms. The Kier molecular flexibility index (Phi) is 5.59. The van der Waals surface area contributed by atoms with Crippen molar-refractivity contribution >= 4 is 22.8 Å². The number of nitrogens with zero attached hydrogens (tertiary/aromatic N) is 5. The molecule has 8 nitrogen and oxygen atoms in total. The summed E-state index contributed by atoms with van der Waals surface area (Å²) in [5.74, 6) is -0.260. The highest BCUT2D eigenvalue weighted by atomic mass is 16.2. The zero-order chi connectivity index (χ0) is 24.8. The highest BCUT2D eigenvalue weighted by Crippen LogP contribution is 2.32. The average molecular weight is 484 g/mol. The van der Waals surface area contributed by atoms with E-state index < -0.39 is 11.2 Å². The molecule has 184 valence electrons. The fourth-order valence-corrected chi connectivity index (χ4v) is 5.87. The van der Waals surface area contributed by atoms with Gasteiger partial charge in [-0.15, -0.1) is 0 Å². The van der Waals surface area contributed by atoms with E-state index in [2.05, 4.69) is 4.98 Å². The number of aromatic nitrogens is 4. The van der Waals surface area contributed by atoms with E-state index >= 15 is 0 Å². The number of carbonyl (C=O) groups excluding carboxylic acids is 1. The minimum Gasteiger partial charge on any atom is -0.322 e. The summed E-state index contributed by atoms with van der Waals surface area (Å²) in [7, 11) is 0. The minimum absolute atomic E-state index is 0.0371. The van der Waals surface area contributed by atoms with Crippen LogP contribution in [0.15, 0.2) is 70.5 Å². The molecule has 6 rings (SSSR count). The van der Waals surface area contributed by atoms with Gasteiger partial charge in [-0.1, -0.05) is 61.4 Å². The molecule has 1 aliphatic carbocycles. The third-order valence-corrected chi connectivity index (χ3v) is 7.61. The fraction of sp³-hybridized carbons (Fsp3) is 0.357. The predicted molar refractivity (Wildman–Crippen MR) is 138 cm³/mol. The lowest BCUT2D eigenvalue weighted by Gasteiger charge is -2.23.